The molecule has 0 aliphatic carbocycles. The molecule has 0 radical (unpaired) electrons. The smallest absolute Gasteiger partial charge is 0.308 e. The first-order chi connectivity index (χ1) is 13.5. The van der Waals surface area contributed by atoms with Crippen LogP contribution in [0.15, 0.2) is 54.6 Å². The monoisotopic (exact) mass is 382 g/mol. The maximum atomic E-state index is 12.1. The van der Waals surface area contributed by atoms with Gasteiger partial charge in [-0.25, -0.2) is 0 Å². The van der Waals surface area contributed by atoms with Crippen LogP contribution in [0.4, 0.5) is 0 Å². The second kappa shape index (κ2) is 10.5. The van der Waals surface area contributed by atoms with Gasteiger partial charge >= 0.3 is 5.97 Å². The molecule has 0 spiro atoms. The summed E-state index contributed by atoms with van der Waals surface area (Å²) in [6.07, 6.45) is 3.09. The van der Waals surface area contributed by atoms with E-state index in [0.717, 1.165) is 5.56 Å². The van der Waals surface area contributed by atoms with Gasteiger partial charge in [0.15, 0.2) is 0 Å². The van der Waals surface area contributed by atoms with Crippen LogP contribution in [0.5, 0.6) is 11.5 Å². The Labute approximate surface area is 163 Å². The lowest BCUT2D eigenvalue weighted by molar-refractivity contribution is -0.131. The Hall–Kier alpha value is -3.61. The number of esters is 1. The SMILES string of the molecule is COc1cccc(/C=C/C(=O)NCCNC(=O)c2cccc(OC(C)=O)c2)c1. The van der Waals surface area contributed by atoms with Crippen LogP contribution in [-0.4, -0.2) is 38.0 Å². The molecule has 146 valence electrons. The average molecular weight is 382 g/mol. The summed E-state index contributed by atoms with van der Waals surface area (Å²) in [6, 6.07) is 13.6. The summed E-state index contributed by atoms with van der Waals surface area (Å²) in [4.78, 5) is 34.9. The van der Waals surface area contributed by atoms with Gasteiger partial charge in [-0.1, -0.05) is 18.2 Å². The lowest BCUT2D eigenvalue weighted by Gasteiger charge is -2.07. The summed E-state index contributed by atoms with van der Waals surface area (Å²) in [5.74, 6) is -0.0365. The molecule has 0 saturated carbocycles. The van der Waals surface area contributed by atoms with Gasteiger partial charge in [-0.2, -0.15) is 0 Å². The van der Waals surface area contributed by atoms with Gasteiger partial charge in [-0.3, -0.25) is 14.4 Å². The largest absolute Gasteiger partial charge is 0.497 e. The summed E-state index contributed by atoms with van der Waals surface area (Å²) < 4.78 is 10.1. The van der Waals surface area contributed by atoms with Gasteiger partial charge < -0.3 is 20.1 Å². The third-order valence-corrected chi connectivity index (χ3v) is 3.59. The zero-order valence-electron chi connectivity index (χ0n) is 15.7. The van der Waals surface area contributed by atoms with Gasteiger partial charge in [0, 0.05) is 31.7 Å². The van der Waals surface area contributed by atoms with Crippen LogP contribution >= 0.6 is 0 Å². The maximum Gasteiger partial charge on any atom is 0.308 e. The molecule has 28 heavy (non-hydrogen) atoms. The van der Waals surface area contributed by atoms with Crippen LogP contribution in [0.1, 0.15) is 22.8 Å². The van der Waals surface area contributed by atoms with Crippen LogP contribution in [0, 0.1) is 0 Å². The highest BCUT2D eigenvalue weighted by Gasteiger charge is 2.07. The van der Waals surface area contributed by atoms with Crippen molar-refractivity contribution < 1.29 is 23.9 Å². The van der Waals surface area contributed by atoms with Crippen molar-refractivity contribution >= 4 is 23.9 Å². The van der Waals surface area contributed by atoms with Gasteiger partial charge in [-0.05, 0) is 42.0 Å². The lowest BCUT2D eigenvalue weighted by Crippen LogP contribution is -2.34. The number of rotatable bonds is 8. The zero-order valence-corrected chi connectivity index (χ0v) is 15.7. The van der Waals surface area contributed by atoms with Crippen LogP contribution in [0.2, 0.25) is 0 Å². The Bertz CT molecular complexity index is 877. The number of nitrogens with one attached hydrogen (secondary N) is 2. The molecule has 0 atom stereocenters. The number of hydrogen-bond donors (Lipinski definition) is 2. The third kappa shape index (κ3) is 6.95. The average Bonchev–Trinajstić information content (AvgIpc) is 2.69. The first-order valence-electron chi connectivity index (χ1n) is 8.64. The van der Waals surface area contributed by atoms with Crippen molar-refractivity contribution in [3.8, 4) is 11.5 Å². The number of ether oxygens (including phenoxy) is 2. The van der Waals surface area contributed by atoms with Gasteiger partial charge in [0.05, 0.1) is 7.11 Å². The van der Waals surface area contributed by atoms with E-state index in [2.05, 4.69) is 10.6 Å². The molecule has 2 rings (SSSR count). The van der Waals surface area contributed by atoms with Crippen LogP contribution in [-0.2, 0) is 9.59 Å². The molecule has 0 aliphatic rings. The number of carbonyl (C=O) groups excluding carboxylic acids is 3. The summed E-state index contributed by atoms with van der Waals surface area (Å²) in [5, 5.41) is 5.37. The van der Waals surface area contributed by atoms with Crippen molar-refractivity contribution in [3.63, 3.8) is 0 Å². The Morgan fingerprint density at radius 1 is 0.964 bits per heavy atom. The van der Waals surface area contributed by atoms with E-state index in [4.69, 9.17) is 9.47 Å². The normalized spacial score (nSPS) is 10.4. The fraction of sp³-hybridized carbons (Fsp3) is 0.190. The van der Waals surface area contributed by atoms with Crippen molar-refractivity contribution in [1.82, 2.24) is 10.6 Å². The number of carbonyl (C=O) groups is 3. The maximum absolute atomic E-state index is 12.1. The summed E-state index contributed by atoms with van der Waals surface area (Å²) in [5.41, 5.74) is 1.21. The molecule has 0 fully saturated rings. The second-order valence-corrected chi connectivity index (χ2v) is 5.78. The van der Waals surface area contributed by atoms with Gasteiger partial charge in [0.25, 0.3) is 5.91 Å². The standard InChI is InChI=1S/C21H22N2O5/c1-15(24)28-19-8-4-6-17(14-19)21(26)23-12-11-22-20(25)10-9-16-5-3-7-18(13-16)27-2/h3-10,13-14H,11-12H2,1-2H3,(H,22,25)(H,23,26)/b10-9+. The molecule has 2 amide bonds. The predicted molar refractivity (Wildman–Crippen MR) is 105 cm³/mol. The number of benzene rings is 2. The molecule has 2 N–H and O–H groups in total. The van der Waals surface area contributed by atoms with Gasteiger partial charge in [-0.15, -0.1) is 0 Å². The minimum Gasteiger partial charge on any atom is -0.497 e. The molecule has 0 saturated heterocycles. The van der Waals surface area contributed by atoms with Crippen molar-refractivity contribution in [2.45, 2.75) is 6.92 Å². The van der Waals surface area contributed by atoms with Crippen LogP contribution < -0.4 is 20.1 Å². The highest BCUT2D eigenvalue weighted by molar-refractivity contribution is 5.95. The fourth-order valence-corrected chi connectivity index (χ4v) is 2.31. The number of amides is 2. The second-order valence-electron chi connectivity index (χ2n) is 5.78. The van der Waals surface area contributed by atoms with E-state index in [1.165, 1.54) is 19.1 Å². The van der Waals surface area contributed by atoms with E-state index in [9.17, 15) is 14.4 Å². The Balaban J connectivity index is 1.75. The molecule has 7 nitrogen and oxygen atoms in total. The summed E-state index contributed by atoms with van der Waals surface area (Å²) in [6.45, 7) is 1.82. The third-order valence-electron chi connectivity index (χ3n) is 3.59. The van der Waals surface area contributed by atoms with E-state index in [0.29, 0.717) is 17.1 Å². The highest BCUT2D eigenvalue weighted by atomic mass is 16.5. The molecule has 0 aliphatic heterocycles. The minimum absolute atomic E-state index is 0.259. The zero-order chi connectivity index (χ0) is 20.4. The van der Waals surface area contributed by atoms with Crippen molar-refractivity contribution in [1.29, 1.82) is 0 Å². The van der Waals surface area contributed by atoms with Crippen molar-refractivity contribution in [2.75, 3.05) is 20.2 Å². The van der Waals surface area contributed by atoms with Crippen LogP contribution in [0.3, 0.4) is 0 Å². The van der Waals surface area contributed by atoms with E-state index in [-0.39, 0.29) is 24.9 Å². The number of hydrogen-bond acceptors (Lipinski definition) is 5. The first kappa shape index (κ1) is 20.7. The molecule has 0 heterocycles. The van der Waals surface area contributed by atoms with E-state index in [1.807, 2.05) is 24.3 Å². The molecule has 7 heteroatoms. The van der Waals surface area contributed by atoms with Gasteiger partial charge in [0.2, 0.25) is 5.91 Å². The van der Waals surface area contributed by atoms with Gasteiger partial charge in [0.1, 0.15) is 11.5 Å². The fourth-order valence-electron chi connectivity index (χ4n) is 2.31. The highest BCUT2D eigenvalue weighted by Crippen LogP contribution is 2.14. The van der Waals surface area contributed by atoms with E-state index in [1.54, 1.807) is 31.4 Å². The minimum atomic E-state index is -0.456. The first-order valence-corrected chi connectivity index (χ1v) is 8.64. The Kier molecular flexibility index (Phi) is 7.77. The van der Waals surface area contributed by atoms with Crippen molar-refractivity contribution in [3.05, 3.63) is 65.7 Å². The van der Waals surface area contributed by atoms with E-state index >= 15 is 0 Å². The Morgan fingerprint density at radius 3 is 2.43 bits per heavy atom. The molecule has 2 aromatic rings. The molecule has 2 aromatic carbocycles. The topological polar surface area (TPSA) is 93.7 Å². The molecule has 0 bridgehead atoms. The predicted octanol–water partition coefficient (Wildman–Crippen LogP) is 2.18. The summed E-state index contributed by atoms with van der Waals surface area (Å²) in [7, 11) is 1.58. The molecular weight excluding hydrogens is 360 g/mol. The number of methoxy groups -OCH3 is 1. The molecule has 0 unspecified atom stereocenters. The molecular formula is C21H22N2O5. The van der Waals surface area contributed by atoms with Crippen LogP contribution in [0.25, 0.3) is 6.08 Å². The summed E-state index contributed by atoms with van der Waals surface area (Å²) >= 11 is 0. The van der Waals surface area contributed by atoms with E-state index < -0.39 is 5.97 Å². The quantitative estimate of drug-likeness (QED) is 0.316. The lowest BCUT2D eigenvalue weighted by atomic mass is 10.2. The Morgan fingerprint density at radius 2 is 1.68 bits per heavy atom. The van der Waals surface area contributed by atoms with Crippen molar-refractivity contribution in [2.24, 2.45) is 0 Å². The molecule has 0 aromatic heterocycles.